The molecule has 1 aromatic carbocycles. The number of aryl methyl sites for hydroxylation is 1. The van der Waals surface area contributed by atoms with Crippen LogP contribution in [0.15, 0.2) is 36.5 Å². The number of hydrogen-bond donors (Lipinski definition) is 2. The fourth-order valence-corrected chi connectivity index (χ4v) is 1.70. The van der Waals surface area contributed by atoms with Gasteiger partial charge < -0.3 is 10.4 Å². The zero-order chi connectivity index (χ0) is 13.1. The molecule has 0 aliphatic carbocycles. The van der Waals surface area contributed by atoms with Crippen molar-refractivity contribution in [3.63, 3.8) is 0 Å². The van der Waals surface area contributed by atoms with Crippen molar-refractivity contribution in [3.05, 3.63) is 47.7 Å². The minimum atomic E-state index is -0.0398. The Kier molecular flexibility index (Phi) is 3.28. The fraction of sp³-hybridized carbons (Fsp3) is 0.143. The van der Waals surface area contributed by atoms with E-state index in [-0.39, 0.29) is 11.5 Å². The van der Waals surface area contributed by atoms with Gasteiger partial charge in [-0.15, -0.1) is 0 Å². The van der Waals surface area contributed by atoms with Gasteiger partial charge in [0.15, 0.2) is 5.78 Å². The second kappa shape index (κ2) is 4.87. The number of hydrogen-bond acceptors (Lipinski definition) is 4. The van der Waals surface area contributed by atoms with Crippen molar-refractivity contribution < 1.29 is 9.90 Å². The number of nitrogens with zero attached hydrogens (tertiary/aromatic N) is 1. The first-order valence-corrected chi connectivity index (χ1v) is 5.60. The monoisotopic (exact) mass is 242 g/mol. The van der Waals surface area contributed by atoms with Gasteiger partial charge in [-0.2, -0.15) is 0 Å². The van der Waals surface area contributed by atoms with Crippen LogP contribution in [-0.2, 0) is 0 Å². The molecule has 0 aliphatic heterocycles. The second-order valence-corrected chi connectivity index (χ2v) is 4.08. The van der Waals surface area contributed by atoms with Gasteiger partial charge in [-0.25, -0.2) is 4.98 Å². The first-order chi connectivity index (χ1) is 8.58. The highest BCUT2D eigenvalue weighted by molar-refractivity contribution is 5.99. The average Bonchev–Trinajstić information content (AvgIpc) is 2.33. The standard InChI is InChI=1S/C14H14N2O2/c1-9-8-11(18)5-6-13(9)16-14-12(10(2)17)4-3-7-15-14/h3-8,18H,1-2H3,(H,15,16). The summed E-state index contributed by atoms with van der Waals surface area (Å²) in [5, 5.41) is 12.5. The second-order valence-electron chi connectivity index (χ2n) is 4.08. The number of Topliss-reactive ketones (excluding diaryl/α,β-unsaturated/α-hetero) is 1. The topological polar surface area (TPSA) is 62.2 Å². The zero-order valence-corrected chi connectivity index (χ0v) is 10.3. The van der Waals surface area contributed by atoms with Gasteiger partial charge >= 0.3 is 0 Å². The minimum Gasteiger partial charge on any atom is -0.508 e. The molecule has 4 heteroatoms. The molecular weight excluding hydrogens is 228 g/mol. The molecule has 4 nitrogen and oxygen atoms in total. The minimum absolute atomic E-state index is 0.0398. The number of carbonyl (C=O) groups excluding carboxylic acids is 1. The van der Waals surface area contributed by atoms with Crippen LogP contribution >= 0.6 is 0 Å². The summed E-state index contributed by atoms with van der Waals surface area (Å²) in [5.41, 5.74) is 2.24. The Morgan fingerprint density at radius 3 is 2.78 bits per heavy atom. The van der Waals surface area contributed by atoms with E-state index < -0.39 is 0 Å². The van der Waals surface area contributed by atoms with Crippen molar-refractivity contribution >= 4 is 17.3 Å². The van der Waals surface area contributed by atoms with Crippen LogP contribution < -0.4 is 5.32 Å². The number of phenolic OH excluding ortho intramolecular Hbond substituents is 1. The van der Waals surface area contributed by atoms with Crippen LogP contribution in [0.2, 0.25) is 0 Å². The highest BCUT2D eigenvalue weighted by Gasteiger charge is 2.09. The first kappa shape index (κ1) is 12.1. The Hall–Kier alpha value is -2.36. The predicted octanol–water partition coefficient (Wildman–Crippen LogP) is 3.04. The van der Waals surface area contributed by atoms with Gasteiger partial charge in [0.1, 0.15) is 11.6 Å². The molecule has 92 valence electrons. The van der Waals surface area contributed by atoms with E-state index in [1.54, 1.807) is 36.5 Å². The molecule has 0 saturated carbocycles. The molecule has 1 heterocycles. The average molecular weight is 242 g/mol. The molecule has 0 aliphatic rings. The Balaban J connectivity index is 2.37. The van der Waals surface area contributed by atoms with E-state index in [9.17, 15) is 9.90 Å². The van der Waals surface area contributed by atoms with Crippen LogP contribution in [0.25, 0.3) is 0 Å². The highest BCUT2D eigenvalue weighted by Crippen LogP contribution is 2.24. The van der Waals surface area contributed by atoms with E-state index in [0.717, 1.165) is 11.3 Å². The number of nitrogens with one attached hydrogen (secondary N) is 1. The van der Waals surface area contributed by atoms with Crippen LogP contribution in [0.5, 0.6) is 5.75 Å². The number of ketones is 1. The lowest BCUT2D eigenvalue weighted by atomic mass is 10.1. The molecule has 0 saturated heterocycles. The molecule has 2 rings (SSSR count). The summed E-state index contributed by atoms with van der Waals surface area (Å²) in [6.45, 7) is 3.38. The molecule has 0 radical (unpaired) electrons. The lowest BCUT2D eigenvalue weighted by Crippen LogP contribution is -2.03. The number of pyridine rings is 1. The normalized spacial score (nSPS) is 10.1. The molecule has 0 spiro atoms. The zero-order valence-electron chi connectivity index (χ0n) is 10.3. The van der Waals surface area contributed by atoms with Gasteiger partial charge in [0.05, 0.1) is 5.56 Å². The van der Waals surface area contributed by atoms with Crippen molar-refractivity contribution in [1.29, 1.82) is 0 Å². The van der Waals surface area contributed by atoms with E-state index in [1.807, 2.05) is 6.92 Å². The summed E-state index contributed by atoms with van der Waals surface area (Å²) in [5.74, 6) is 0.701. The summed E-state index contributed by atoms with van der Waals surface area (Å²) in [6.07, 6.45) is 1.63. The lowest BCUT2D eigenvalue weighted by molar-refractivity contribution is 0.101. The predicted molar refractivity (Wildman–Crippen MR) is 70.4 cm³/mol. The molecule has 0 bridgehead atoms. The van der Waals surface area contributed by atoms with Crippen molar-refractivity contribution in [2.75, 3.05) is 5.32 Å². The number of aromatic nitrogens is 1. The molecule has 2 N–H and O–H groups in total. The van der Waals surface area contributed by atoms with Gasteiger partial charge in [-0.05, 0) is 49.7 Å². The maximum atomic E-state index is 11.5. The number of rotatable bonds is 3. The summed E-state index contributed by atoms with van der Waals surface area (Å²) in [4.78, 5) is 15.6. The van der Waals surface area contributed by atoms with E-state index in [0.29, 0.717) is 11.4 Å². The number of phenols is 1. The molecule has 0 amide bonds. The smallest absolute Gasteiger partial charge is 0.163 e. The maximum absolute atomic E-state index is 11.5. The Labute approximate surface area is 105 Å². The molecule has 0 fully saturated rings. The van der Waals surface area contributed by atoms with E-state index >= 15 is 0 Å². The van der Waals surface area contributed by atoms with Crippen molar-refractivity contribution in [2.24, 2.45) is 0 Å². The third kappa shape index (κ3) is 2.48. The quantitative estimate of drug-likeness (QED) is 0.641. The molecular formula is C14H14N2O2. The molecule has 1 aromatic heterocycles. The first-order valence-electron chi connectivity index (χ1n) is 5.60. The summed E-state index contributed by atoms with van der Waals surface area (Å²) >= 11 is 0. The SMILES string of the molecule is CC(=O)c1cccnc1Nc1ccc(O)cc1C. The molecule has 18 heavy (non-hydrogen) atoms. The van der Waals surface area contributed by atoms with Crippen LogP contribution in [-0.4, -0.2) is 15.9 Å². The van der Waals surface area contributed by atoms with Crippen molar-refractivity contribution in [1.82, 2.24) is 4.98 Å². The van der Waals surface area contributed by atoms with Gasteiger partial charge in [0.2, 0.25) is 0 Å². The van der Waals surface area contributed by atoms with Crippen LogP contribution in [0, 0.1) is 6.92 Å². The van der Waals surface area contributed by atoms with Crippen molar-refractivity contribution in [3.8, 4) is 5.75 Å². The number of carbonyl (C=O) groups is 1. The highest BCUT2D eigenvalue weighted by atomic mass is 16.3. The van der Waals surface area contributed by atoms with Crippen LogP contribution in [0.1, 0.15) is 22.8 Å². The summed E-state index contributed by atoms with van der Waals surface area (Å²) < 4.78 is 0. The van der Waals surface area contributed by atoms with Gasteiger partial charge in [-0.3, -0.25) is 4.79 Å². The molecule has 0 unspecified atom stereocenters. The van der Waals surface area contributed by atoms with Gasteiger partial charge in [0, 0.05) is 11.9 Å². The van der Waals surface area contributed by atoms with Gasteiger partial charge in [0.25, 0.3) is 0 Å². The lowest BCUT2D eigenvalue weighted by Gasteiger charge is -2.11. The van der Waals surface area contributed by atoms with E-state index in [4.69, 9.17) is 0 Å². The Morgan fingerprint density at radius 1 is 1.33 bits per heavy atom. The molecule has 2 aromatic rings. The van der Waals surface area contributed by atoms with E-state index in [2.05, 4.69) is 10.3 Å². The van der Waals surface area contributed by atoms with Crippen LogP contribution in [0.3, 0.4) is 0 Å². The third-order valence-electron chi connectivity index (χ3n) is 2.65. The number of aromatic hydroxyl groups is 1. The third-order valence-corrected chi connectivity index (χ3v) is 2.65. The molecule has 0 atom stereocenters. The van der Waals surface area contributed by atoms with Gasteiger partial charge in [-0.1, -0.05) is 0 Å². The Bertz CT molecular complexity index is 594. The summed E-state index contributed by atoms with van der Waals surface area (Å²) in [7, 11) is 0. The fourth-order valence-electron chi connectivity index (χ4n) is 1.70. The largest absolute Gasteiger partial charge is 0.508 e. The number of anilines is 2. The maximum Gasteiger partial charge on any atom is 0.163 e. The number of benzene rings is 1. The van der Waals surface area contributed by atoms with Crippen molar-refractivity contribution in [2.45, 2.75) is 13.8 Å². The van der Waals surface area contributed by atoms with Crippen LogP contribution in [0.4, 0.5) is 11.5 Å². The van der Waals surface area contributed by atoms with E-state index in [1.165, 1.54) is 6.92 Å². The Morgan fingerprint density at radius 2 is 2.11 bits per heavy atom. The summed E-state index contributed by atoms with van der Waals surface area (Å²) in [6, 6.07) is 8.45.